The van der Waals surface area contributed by atoms with Crippen molar-refractivity contribution in [3.8, 4) is 6.07 Å². The van der Waals surface area contributed by atoms with Crippen LogP contribution in [0.25, 0.3) is 22.7 Å². The summed E-state index contributed by atoms with van der Waals surface area (Å²) in [5.41, 5.74) is 5.34. The summed E-state index contributed by atoms with van der Waals surface area (Å²) in [6.07, 6.45) is 1.68. The second kappa shape index (κ2) is 6.01. The third kappa shape index (κ3) is 2.90. The molecule has 0 saturated heterocycles. The number of benzene rings is 2. The van der Waals surface area contributed by atoms with E-state index in [1.54, 1.807) is 18.2 Å². The first-order chi connectivity index (χ1) is 11.5. The number of H-pyrrole nitrogens is 1. The van der Waals surface area contributed by atoms with Crippen LogP contribution in [0.1, 0.15) is 32.9 Å². The molecule has 3 aromatic rings. The molecule has 0 spiro atoms. The number of allylic oxidation sites excluding steroid dienone is 1. The smallest absolute Gasteiger partial charge is 0.335 e. The number of carboxylic acid groups (broad SMARTS) is 1. The quantitative estimate of drug-likeness (QED) is 0.716. The highest BCUT2D eigenvalue weighted by atomic mass is 16.4. The lowest BCUT2D eigenvalue weighted by Crippen LogP contribution is -1.95. The molecule has 0 radical (unpaired) electrons. The molecule has 0 aliphatic rings. The topological polar surface area (TPSA) is 89.8 Å². The van der Waals surface area contributed by atoms with E-state index >= 15 is 0 Å². The molecule has 0 aliphatic heterocycles. The van der Waals surface area contributed by atoms with Gasteiger partial charge in [0.15, 0.2) is 0 Å². The molecule has 0 fully saturated rings. The molecule has 0 unspecified atom stereocenters. The van der Waals surface area contributed by atoms with Crippen LogP contribution < -0.4 is 0 Å². The fourth-order valence-electron chi connectivity index (χ4n) is 2.44. The van der Waals surface area contributed by atoms with E-state index in [2.05, 4.69) is 16.0 Å². The fraction of sp³-hybridized carbons (Fsp3) is 0.105. The van der Waals surface area contributed by atoms with Gasteiger partial charge in [0, 0.05) is 0 Å². The van der Waals surface area contributed by atoms with E-state index in [4.69, 9.17) is 5.11 Å². The van der Waals surface area contributed by atoms with Crippen LogP contribution >= 0.6 is 0 Å². The summed E-state index contributed by atoms with van der Waals surface area (Å²) in [7, 11) is 0. The lowest BCUT2D eigenvalue weighted by atomic mass is 10.1. The third-order valence-electron chi connectivity index (χ3n) is 3.94. The Balaban J connectivity index is 2.02. The van der Waals surface area contributed by atoms with E-state index in [1.807, 2.05) is 26.0 Å². The summed E-state index contributed by atoms with van der Waals surface area (Å²) in [6, 6.07) is 12.5. The molecule has 0 bridgehead atoms. The van der Waals surface area contributed by atoms with Crippen LogP contribution in [0.3, 0.4) is 0 Å². The number of hydrogen-bond acceptors (Lipinski definition) is 3. The minimum Gasteiger partial charge on any atom is -0.478 e. The highest BCUT2D eigenvalue weighted by Gasteiger charge is 2.09. The lowest BCUT2D eigenvalue weighted by Gasteiger charge is -1.97. The highest BCUT2D eigenvalue weighted by molar-refractivity contribution is 5.91. The number of nitrogens with zero attached hydrogens (tertiary/aromatic N) is 2. The maximum atomic E-state index is 10.9. The molecule has 0 aliphatic carbocycles. The minimum atomic E-state index is -0.978. The van der Waals surface area contributed by atoms with Gasteiger partial charge in [0.1, 0.15) is 11.9 Å². The first-order valence-corrected chi connectivity index (χ1v) is 7.40. The summed E-state index contributed by atoms with van der Waals surface area (Å²) in [5.74, 6) is -0.478. The maximum Gasteiger partial charge on any atom is 0.335 e. The second-order valence-electron chi connectivity index (χ2n) is 5.64. The van der Waals surface area contributed by atoms with E-state index in [0.717, 1.165) is 27.7 Å². The summed E-state index contributed by atoms with van der Waals surface area (Å²) < 4.78 is 0. The zero-order chi connectivity index (χ0) is 17.3. The molecule has 3 rings (SSSR count). The van der Waals surface area contributed by atoms with Crippen LogP contribution in [0.4, 0.5) is 0 Å². The van der Waals surface area contributed by atoms with Gasteiger partial charge in [0.2, 0.25) is 0 Å². The maximum absolute atomic E-state index is 10.9. The Kier molecular flexibility index (Phi) is 3.88. The van der Waals surface area contributed by atoms with E-state index in [1.165, 1.54) is 12.1 Å². The van der Waals surface area contributed by atoms with Crippen LogP contribution in [0.5, 0.6) is 0 Å². The number of imidazole rings is 1. The third-order valence-corrected chi connectivity index (χ3v) is 3.94. The molecule has 2 aromatic carbocycles. The predicted octanol–water partition coefficient (Wildman–Crippen LogP) is 3.94. The summed E-state index contributed by atoms with van der Waals surface area (Å²) in [6.45, 7) is 4.05. The molecule has 0 saturated carbocycles. The summed E-state index contributed by atoms with van der Waals surface area (Å²) in [5, 5.41) is 18.4. The number of carboxylic acids is 1. The summed E-state index contributed by atoms with van der Waals surface area (Å²) in [4.78, 5) is 18.5. The molecule has 0 atom stereocenters. The zero-order valence-electron chi connectivity index (χ0n) is 13.3. The van der Waals surface area contributed by atoms with Crippen molar-refractivity contribution in [2.24, 2.45) is 0 Å². The van der Waals surface area contributed by atoms with Crippen LogP contribution in [-0.2, 0) is 0 Å². The van der Waals surface area contributed by atoms with Crippen molar-refractivity contribution >= 4 is 28.7 Å². The number of carbonyl (C=O) groups is 1. The number of nitrogens with one attached hydrogen (secondary N) is 1. The Bertz CT molecular complexity index is 967. The monoisotopic (exact) mass is 317 g/mol. The van der Waals surface area contributed by atoms with Crippen molar-refractivity contribution < 1.29 is 9.90 Å². The van der Waals surface area contributed by atoms with Gasteiger partial charge in [0.25, 0.3) is 0 Å². The molecular weight excluding hydrogens is 302 g/mol. The highest BCUT2D eigenvalue weighted by Crippen LogP contribution is 2.22. The normalized spacial score (nSPS) is 11.5. The Morgan fingerprint density at radius 1 is 1.21 bits per heavy atom. The SMILES string of the molecule is Cc1cc2nc(C(C#N)=Cc3ccc(C(=O)O)cc3)[nH]c2cc1C. The van der Waals surface area contributed by atoms with Gasteiger partial charge in [0.05, 0.1) is 22.2 Å². The minimum absolute atomic E-state index is 0.209. The number of nitriles is 1. The van der Waals surface area contributed by atoms with Gasteiger partial charge in [-0.3, -0.25) is 0 Å². The molecule has 2 N–H and O–H groups in total. The Morgan fingerprint density at radius 3 is 2.50 bits per heavy atom. The molecular formula is C19H15N3O2. The second-order valence-corrected chi connectivity index (χ2v) is 5.64. The Morgan fingerprint density at radius 2 is 1.88 bits per heavy atom. The molecule has 1 aromatic heterocycles. The number of aryl methyl sites for hydroxylation is 2. The molecule has 118 valence electrons. The average molecular weight is 317 g/mol. The van der Waals surface area contributed by atoms with Gasteiger partial charge in [-0.05, 0) is 60.9 Å². The number of aromatic carboxylic acids is 1. The zero-order valence-corrected chi connectivity index (χ0v) is 13.3. The van der Waals surface area contributed by atoms with E-state index in [9.17, 15) is 10.1 Å². The van der Waals surface area contributed by atoms with Crippen LogP contribution in [0, 0.1) is 25.2 Å². The van der Waals surface area contributed by atoms with Crippen LogP contribution in [0.15, 0.2) is 36.4 Å². The number of aromatic nitrogens is 2. The van der Waals surface area contributed by atoms with Crippen molar-refractivity contribution in [3.05, 3.63) is 64.5 Å². The van der Waals surface area contributed by atoms with Crippen LogP contribution in [0.2, 0.25) is 0 Å². The van der Waals surface area contributed by atoms with Gasteiger partial charge < -0.3 is 10.1 Å². The standard InChI is InChI=1S/C19H15N3O2/c1-11-7-16-17(8-12(11)2)22-18(21-16)15(10-20)9-13-3-5-14(6-4-13)19(23)24/h3-9H,1-2H3,(H,21,22)(H,23,24). The molecule has 24 heavy (non-hydrogen) atoms. The van der Waals surface area contributed by atoms with Crippen molar-refractivity contribution in [2.45, 2.75) is 13.8 Å². The summed E-state index contributed by atoms with van der Waals surface area (Å²) >= 11 is 0. The van der Waals surface area contributed by atoms with E-state index in [-0.39, 0.29) is 5.56 Å². The largest absolute Gasteiger partial charge is 0.478 e. The van der Waals surface area contributed by atoms with E-state index in [0.29, 0.717) is 11.4 Å². The Labute approximate surface area is 138 Å². The number of aromatic amines is 1. The van der Waals surface area contributed by atoms with Crippen molar-refractivity contribution in [1.82, 2.24) is 9.97 Å². The first kappa shape index (κ1) is 15.5. The van der Waals surface area contributed by atoms with Gasteiger partial charge in [-0.2, -0.15) is 5.26 Å². The number of rotatable bonds is 3. The molecule has 5 nitrogen and oxygen atoms in total. The number of fused-ring (bicyclic) bond motifs is 1. The molecule has 5 heteroatoms. The van der Waals surface area contributed by atoms with Gasteiger partial charge in [-0.15, -0.1) is 0 Å². The molecule has 1 heterocycles. The van der Waals surface area contributed by atoms with E-state index < -0.39 is 5.97 Å². The molecule has 0 amide bonds. The predicted molar refractivity (Wildman–Crippen MR) is 92.5 cm³/mol. The fourth-order valence-corrected chi connectivity index (χ4v) is 2.44. The van der Waals surface area contributed by atoms with Gasteiger partial charge >= 0.3 is 5.97 Å². The van der Waals surface area contributed by atoms with Gasteiger partial charge in [-0.1, -0.05) is 12.1 Å². The van der Waals surface area contributed by atoms with Crippen LogP contribution in [-0.4, -0.2) is 21.0 Å². The average Bonchev–Trinajstić information content (AvgIpc) is 2.96. The first-order valence-electron chi connectivity index (χ1n) is 7.40. The number of hydrogen-bond donors (Lipinski definition) is 2. The lowest BCUT2D eigenvalue weighted by molar-refractivity contribution is 0.0697. The van der Waals surface area contributed by atoms with Crippen molar-refractivity contribution in [1.29, 1.82) is 5.26 Å². The van der Waals surface area contributed by atoms with Crippen molar-refractivity contribution in [2.75, 3.05) is 0 Å². The van der Waals surface area contributed by atoms with Crippen molar-refractivity contribution in [3.63, 3.8) is 0 Å². The van der Waals surface area contributed by atoms with Gasteiger partial charge in [-0.25, -0.2) is 9.78 Å². The Hall–Kier alpha value is -3.39.